The predicted octanol–water partition coefficient (Wildman–Crippen LogP) is 8.56. The largest absolute Gasteiger partial charge is 0.438 e. The molecule has 4 aromatic heterocycles. The van der Waals surface area contributed by atoms with Gasteiger partial charge in [-0.1, -0.05) is 84.9 Å². The van der Waals surface area contributed by atoms with Gasteiger partial charge in [0, 0.05) is 38.9 Å². The molecule has 0 N–H and O–H groups in total. The molecule has 0 aliphatic heterocycles. The molecule has 172 valence electrons. The van der Waals surface area contributed by atoms with Gasteiger partial charge in [-0.15, -0.1) is 0 Å². The maximum atomic E-state index is 6.16. The van der Waals surface area contributed by atoms with E-state index in [0.717, 1.165) is 71.4 Å². The number of nitrogens with zero attached hydrogens (tertiary/aromatic N) is 3. The third-order valence-electron chi connectivity index (χ3n) is 7.12. The van der Waals surface area contributed by atoms with Crippen molar-refractivity contribution in [1.29, 1.82) is 0 Å². The van der Waals surface area contributed by atoms with Crippen LogP contribution in [0.5, 0.6) is 0 Å². The van der Waals surface area contributed by atoms with Crippen LogP contribution in [0.1, 0.15) is 0 Å². The number of fused-ring (bicyclic) bond motifs is 7. The highest BCUT2D eigenvalue weighted by molar-refractivity contribution is 6.18. The first-order valence-corrected chi connectivity index (χ1v) is 12.3. The maximum Gasteiger partial charge on any atom is 0.228 e. The van der Waals surface area contributed by atoms with E-state index in [1.165, 1.54) is 0 Å². The lowest BCUT2D eigenvalue weighted by molar-refractivity contribution is 0.656. The van der Waals surface area contributed by atoms with Crippen LogP contribution in [0.25, 0.3) is 77.2 Å². The van der Waals surface area contributed by atoms with Crippen molar-refractivity contribution < 1.29 is 4.42 Å². The molecule has 4 heteroatoms. The molecule has 0 unspecified atom stereocenters. The molecule has 0 amide bonds. The van der Waals surface area contributed by atoms with Crippen LogP contribution in [-0.4, -0.2) is 15.0 Å². The number of pyridine rings is 3. The van der Waals surface area contributed by atoms with E-state index in [0.29, 0.717) is 5.71 Å². The summed E-state index contributed by atoms with van der Waals surface area (Å²) in [5.74, 6) is 0. The molecule has 4 heterocycles. The molecule has 0 radical (unpaired) electrons. The number of furan rings is 1. The van der Waals surface area contributed by atoms with E-state index >= 15 is 0 Å². The lowest BCUT2D eigenvalue weighted by atomic mass is 9.95. The van der Waals surface area contributed by atoms with Crippen molar-refractivity contribution in [2.24, 2.45) is 0 Å². The minimum absolute atomic E-state index is 0.662. The van der Waals surface area contributed by atoms with Crippen LogP contribution in [0.2, 0.25) is 0 Å². The first-order valence-electron chi connectivity index (χ1n) is 12.3. The average molecular weight is 474 g/mol. The van der Waals surface area contributed by atoms with Crippen LogP contribution in [0, 0.1) is 0 Å². The topological polar surface area (TPSA) is 51.8 Å². The molecule has 0 fully saturated rings. The fraction of sp³-hybridized carbons (Fsp3) is 0. The molecule has 0 atom stereocenters. The second-order valence-corrected chi connectivity index (χ2v) is 9.27. The van der Waals surface area contributed by atoms with Gasteiger partial charge in [0.1, 0.15) is 5.58 Å². The number of rotatable bonds is 2. The summed E-state index contributed by atoms with van der Waals surface area (Å²) in [6, 6.07) is 37.5. The Balaban J connectivity index is 1.33. The Bertz CT molecular complexity index is 2140. The summed E-state index contributed by atoms with van der Waals surface area (Å²) in [5, 5.41) is 5.41. The van der Waals surface area contributed by atoms with Crippen molar-refractivity contribution in [1.82, 2.24) is 15.0 Å². The number of hydrogen-bond acceptors (Lipinski definition) is 4. The van der Waals surface area contributed by atoms with Gasteiger partial charge in [-0.2, -0.15) is 0 Å². The number of benzene rings is 4. The van der Waals surface area contributed by atoms with E-state index in [9.17, 15) is 0 Å². The van der Waals surface area contributed by atoms with Gasteiger partial charge in [-0.05, 0) is 29.8 Å². The predicted molar refractivity (Wildman–Crippen MR) is 150 cm³/mol. The average Bonchev–Trinajstić information content (AvgIpc) is 3.33. The molecule has 4 nitrogen and oxygen atoms in total. The molecule has 0 aliphatic rings. The Labute approximate surface area is 211 Å². The number of para-hydroxylation sites is 2. The van der Waals surface area contributed by atoms with Gasteiger partial charge in [0.2, 0.25) is 5.71 Å². The van der Waals surface area contributed by atoms with Crippen LogP contribution in [-0.2, 0) is 0 Å². The van der Waals surface area contributed by atoms with Crippen molar-refractivity contribution in [2.45, 2.75) is 0 Å². The molecule has 0 saturated heterocycles. The summed E-state index contributed by atoms with van der Waals surface area (Å²) in [6.45, 7) is 0. The minimum atomic E-state index is 0.662. The van der Waals surface area contributed by atoms with E-state index < -0.39 is 0 Å². The number of hydrogen-bond donors (Lipinski definition) is 0. The summed E-state index contributed by atoms with van der Waals surface area (Å²) >= 11 is 0. The molecule has 0 spiro atoms. The van der Waals surface area contributed by atoms with E-state index in [1.54, 1.807) is 0 Å². The lowest BCUT2D eigenvalue weighted by Gasteiger charge is -2.10. The van der Waals surface area contributed by atoms with Crippen molar-refractivity contribution in [2.75, 3.05) is 0 Å². The molecule has 0 bridgehead atoms. The highest BCUT2D eigenvalue weighted by Crippen LogP contribution is 2.40. The summed E-state index contributed by atoms with van der Waals surface area (Å²) in [7, 11) is 0. The van der Waals surface area contributed by atoms with E-state index in [4.69, 9.17) is 14.4 Å². The van der Waals surface area contributed by atoms with Crippen LogP contribution in [0.4, 0.5) is 0 Å². The van der Waals surface area contributed by atoms with E-state index in [-0.39, 0.29) is 0 Å². The van der Waals surface area contributed by atoms with Crippen molar-refractivity contribution >= 4 is 54.8 Å². The Morgan fingerprint density at radius 3 is 2.16 bits per heavy atom. The minimum Gasteiger partial charge on any atom is -0.438 e. The lowest BCUT2D eigenvalue weighted by Crippen LogP contribution is -1.90. The van der Waals surface area contributed by atoms with Crippen molar-refractivity contribution in [3.05, 3.63) is 115 Å². The first-order chi connectivity index (χ1) is 18.3. The quantitative estimate of drug-likeness (QED) is 0.236. The molecular formula is C33H19N3O. The van der Waals surface area contributed by atoms with Gasteiger partial charge >= 0.3 is 0 Å². The molecular weight excluding hydrogens is 454 g/mol. The van der Waals surface area contributed by atoms with Gasteiger partial charge in [-0.25, -0.2) is 9.97 Å². The van der Waals surface area contributed by atoms with Crippen LogP contribution in [0.3, 0.4) is 0 Å². The SMILES string of the molecule is c1cnc2c(c1)ccc1ccc(-c3ccc(-c4c5ccccc5nc5oc6ccccc6c45)cc3)nc12. The molecule has 4 aromatic carbocycles. The Morgan fingerprint density at radius 1 is 0.541 bits per heavy atom. The Morgan fingerprint density at radius 2 is 1.27 bits per heavy atom. The Hall–Kier alpha value is -5.09. The normalized spacial score (nSPS) is 11.8. The molecule has 37 heavy (non-hydrogen) atoms. The highest BCUT2D eigenvalue weighted by atomic mass is 16.3. The van der Waals surface area contributed by atoms with Gasteiger partial charge in [0.15, 0.2) is 0 Å². The van der Waals surface area contributed by atoms with Gasteiger partial charge in [0.25, 0.3) is 0 Å². The molecule has 0 saturated carbocycles. The maximum absolute atomic E-state index is 6.16. The molecule has 0 aliphatic carbocycles. The molecule has 8 aromatic rings. The summed E-state index contributed by atoms with van der Waals surface area (Å²) in [4.78, 5) is 14.5. The van der Waals surface area contributed by atoms with Crippen LogP contribution in [0.15, 0.2) is 120 Å². The molecule has 8 rings (SSSR count). The van der Waals surface area contributed by atoms with Gasteiger partial charge in [0.05, 0.1) is 27.6 Å². The van der Waals surface area contributed by atoms with E-state index in [1.807, 2.05) is 42.6 Å². The van der Waals surface area contributed by atoms with Gasteiger partial charge in [-0.3, -0.25) is 4.98 Å². The standard InChI is InChI=1S/C33H19N3O/c1-3-9-27-24(7-1)29(30-25-8-2-4-10-28(25)37-33(30)36-27)21-13-11-20(12-14-21)26-18-17-23-16-15-22-6-5-19-34-31(22)32(23)35-26/h1-19H. The third-order valence-corrected chi connectivity index (χ3v) is 7.12. The van der Waals surface area contributed by atoms with E-state index in [2.05, 4.69) is 77.8 Å². The van der Waals surface area contributed by atoms with Gasteiger partial charge < -0.3 is 4.42 Å². The second-order valence-electron chi connectivity index (χ2n) is 9.27. The van der Waals surface area contributed by atoms with Crippen molar-refractivity contribution in [3.63, 3.8) is 0 Å². The highest BCUT2D eigenvalue weighted by Gasteiger charge is 2.17. The zero-order chi connectivity index (χ0) is 24.3. The fourth-order valence-electron chi connectivity index (χ4n) is 5.37. The van der Waals surface area contributed by atoms with Crippen molar-refractivity contribution in [3.8, 4) is 22.4 Å². The summed E-state index contributed by atoms with van der Waals surface area (Å²) < 4.78 is 6.16. The first kappa shape index (κ1) is 20.1. The Kier molecular flexibility index (Phi) is 4.19. The number of aromatic nitrogens is 3. The second kappa shape index (κ2) is 7.70. The fourth-order valence-corrected chi connectivity index (χ4v) is 5.37. The smallest absolute Gasteiger partial charge is 0.228 e. The van der Waals surface area contributed by atoms with Crippen LogP contribution >= 0.6 is 0 Å². The summed E-state index contributed by atoms with van der Waals surface area (Å²) in [5.41, 5.74) is 8.52. The zero-order valence-electron chi connectivity index (χ0n) is 19.7. The zero-order valence-corrected chi connectivity index (χ0v) is 19.7. The monoisotopic (exact) mass is 473 g/mol. The van der Waals surface area contributed by atoms with Crippen LogP contribution < -0.4 is 0 Å². The third kappa shape index (κ3) is 3.06. The summed E-state index contributed by atoms with van der Waals surface area (Å²) in [6.07, 6.45) is 1.82.